The maximum Gasteiger partial charge on any atom is 0.264 e. The molecule has 2 aromatic heterocycles. The summed E-state index contributed by atoms with van der Waals surface area (Å²) in [5, 5.41) is 4.40. The van der Waals surface area contributed by atoms with Gasteiger partial charge in [-0.2, -0.15) is 5.10 Å². The van der Waals surface area contributed by atoms with E-state index in [1.165, 1.54) is 26.7 Å². The lowest BCUT2D eigenvalue weighted by Crippen LogP contribution is -2.36. The molecule has 2 heterocycles. The van der Waals surface area contributed by atoms with Crippen molar-refractivity contribution < 1.29 is 14.3 Å². The Morgan fingerprint density at radius 1 is 1.22 bits per heavy atom. The fraction of sp³-hybridized carbons (Fsp3) is 0.333. The van der Waals surface area contributed by atoms with E-state index in [1.54, 1.807) is 45.5 Å². The first-order chi connectivity index (χ1) is 13.0. The second kappa shape index (κ2) is 7.90. The molecule has 142 valence electrons. The number of rotatable bonds is 7. The Kier molecular flexibility index (Phi) is 5.39. The third-order valence-corrected chi connectivity index (χ3v) is 4.20. The Labute approximate surface area is 155 Å². The summed E-state index contributed by atoms with van der Waals surface area (Å²) in [6.45, 7) is 0.640. The van der Waals surface area contributed by atoms with Crippen LogP contribution in [0.3, 0.4) is 0 Å². The molecule has 0 fully saturated rings. The Bertz CT molecular complexity index is 993. The van der Waals surface area contributed by atoms with Crippen molar-refractivity contribution in [3.63, 3.8) is 0 Å². The molecule has 0 atom stereocenters. The second-order valence-electron chi connectivity index (χ2n) is 6.02. The van der Waals surface area contributed by atoms with Crippen molar-refractivity contribution in [3.05, 3.63) is 47.1 Å². The summed E-state index contributed by atoms with van der Waals surface area (Å²) in [4.78, 5) is 30.5. The molecule has 0 bridgehead atoms. The van der Waals surface area contributed by atoms with Crippen molar-refractivity contribution in [2.45, 2.75) is 6.54 Å². The molecule has 3 aromatic rings. The van der Waals surface area contributed by atoms with Gasteiger partial charge in [0.15, 0.2) is 5.65 Å². The molecule has 0 N–H and O–H groups in total. The molecule has 0 spiro atoms. The molecular weight excluding hydrogens is 350 g/mol. The lowest BCUT2D eigenvalue weighted by atomic mass is 10.3. The van der Waals surface area contributed by atoms with Crippen LogP contribution in [0.15, 0.2) is 41.6 Å². The van der Waals surface area contributed by atoms with Crippen LogP contribution < -0.4 is 15.0 Å². The summed E-state index contributed by atoms with van der Waals surface area (Å²) in [5.41, 5.74) is 0.203. The van der Waals surface area contributed by atoms with Crippen LogP contribution in [0, 0.1) is 0 Å². The number of carbonyl (C=O) groups excluding carboxylic acids is 1. The van der Waals surface area contributed by atoms with Crippen LogP contribution in [0.2, 0.25) is 0 Å². The largest absolute Gasteiger partial charge is 0.497 e. The Hall–Kier alpha value is -3.36. The van der Waals surface area contributed by atoms with E-state index in [2.05, 4.69) is 10.1 Å². The SMILES string of the molecule is COc1ccc(OCCN(C)C(=O)Cn2cnc3c(cnn3C)c2=O)cc1. The van der Waals surface area contributed by atoms with Crippen LogP contribution in [0.25, 0.3) is 11.0 Å². The van der Waals surface area contributed by atoms with Gasteiger partial charge >= 0.3 is 0 Å². The molecule has 0 saturated carbocycles. The molecule has 0 aliphatic heterocycles. The minimum Gasteiger partial charge on any atom is -0.497 e. The molecule has 0 unspecified atom stereocenters. The van der Waals surface area contributed by atoms with E-state index < -0.39 is 0 Å². The van der Waals surface area contributed by atoms with Gasteiger partial charge in [0.1, 0.15) is 36.4 Å². The van der Waals surface area contributed by atoms with E-state index in [1.807, 2.05) is 0 Å². The van der Waals surface area contributed by atoms with Crippen LogP contribution in [-0.4, -0.2) is 57.4 Å². The number of aryl methyl sites for hydroxylation is 1. The van der Waals surface area contributed by atoms with Gasteiger partial charge in [-0.3, -0.25) is 18.8 Å². The predicted octanol–water partition coefficient (Wildman–Crippen LogP) is 0.676. The number of likely N-dealkylation sites (N-methyl/N-ethyl adjacent to an activating group) is 1. The molecule has 27 heavy (non-hydrogen) atoms. The smallest absolute Gasteiger partial charge is 0.264 e. The van der Waals surface area contributed by atoms with E-state index in [4.69, 9.17) is 9.47 Å². The van der Waals surface area contributed by atoms with Crippen LogP contribution in [0.1, 0.15) is 0 Å². The zero-order valence-corrected chi connectivity index (χ0v) is 15.5. The van der Waals surface area contributed by atoms with E-state index in [9.17, 15) is 9.59 Å². The van der Waals surface area contributed by atoms with Gasteiger partial charge in [0.2, 0.25) is 5.91 Å². The zero-order chi connectivity index (χ0) is 19.4. The first-order valence-electron chi connectivity index (χ1n) is 8.37. The molecular formula is C18H21N5O4. The Morgan fingerprint density at radius 3 is 2.63 bits per heavy atom. The lowest BCUT2D eigenvalue weighted by Gasteiger charge is -2.18. The summed E-state index contributed by atoms with van der Waals surface area (Å²) in [6, 6.07) is 7.21. The number of fused-ring (bicyclic) bond motifs is 1. The minimum absolute atomic E-state index is 0.0876. The average Bonchev–Trinajstić information content (AvgIpc) is 3.06. The van der Waals surface area contributed by atoms with Gasteiger partial charge < -0.3 is 14.4 Å². The summed E-state index contributed by atoms with van der Waals surface area (Å²) in [7, 11) is 4.98. The zero-order valence-electron chi connectivity index (χ0n) is 15.5. The first-order valence-corrected chi connectivity index (χ1v) is 8.37. The van der Waals surface area contributed by atoms with Crippen molar-refractivity contribution in [2.75, 3.05) is 27.3 Å². The second-order valence-corrected chi connectivity index (χ2v) is 6.02. The van der Waals surface area contributed by atoms with Crippen LogP contribution in [-0.2, 0) is 18.4 Å². The number of ether oxygens (including phenoxy) is 2. The fourth-order valence-electron chi connectivity index (χ4n) is 2.54. The molecule has 1 amide bonds. The monoisotopic (exact) mass is 371 g/mol. The van der Waals surface area contributed by atoms with E-state index in [0.29, 0.717) is 29.9 Å². The van der Waals surface area contributed by atoms with Gasteiger partial charge in [-0.05, 0) is 24.3 Å². The minimum atomic E-state index is -0.288. The number of methoxy groups -OCH3 is 1. The highest BCUT2D eigenvalue weighted by Gasteiger charge is 2.13. The van der Waals surface area contributed by atoms with Crippen LogP contribution in [0.4, 0.5) is 0 Å². The summed E-state index contributed by atoms with van der Waals surface area (Å²) in [5.74, 6) is 1.24. The lowest BCUT2D eigenvalue weighted by molar-refractivity contribution is -0.130. The number of nitrogens with zero attached hydrogens (tertiary/aromatic N) is 5. The van der Waals surface area contributed by atoms with Gasteiger partial charge in [0.25, 0.3) is 5.56 Å². The number of amides is 1. The van der Waals surface area contributed by atoms with Gasteiger partial charge in [-0.15, -0.1) is 0 Å². The van der Waals surface area contributed by atoms with Crippen LogP contribution in [0.5, 0.6) is 11.5 Å². The molecule has 0 saturated heterocycles. The molecule has 9 heteroatoms. The highest BCUT2D eigenvalue weighted by Crippen LogP contribution is 2.16. The van der Waals surface area contributed by atoms with Gasteiger partial charge in [-0.1, -0.05) is 0 Å². The molecule has 3 rings (SSSR count). The van der Waals surface area contributed by atoms with Crippen molar-refractivity contribution in [3.8, 4) is 11.5 Å². The average molecular weight is 371 g/mol. The van der Waals surface area contributed by atoms with E-state index >= 15 is 0 Å². The van der Waals surface area contributed by atoms with Crippen LogP contribution >= 0.6 is 0 Å². The number of carbonyl (C=O) groups is 1. The topological polar surface area (TPSA) is 91.5 Å². The molecule has 0 radical (unpaired) electrons. The van der Waals surface area contributed by atoms with Gasteiger partial charge in [0, 0.05) is 14.1 Å². The van der Waals surface area contributed by atoms with Gasteiger partial charge in [-0.25, -0.2) is 4.98 Å². The number of aromatic nitrogens is 4. The Morgan fingerprint density at radius 2 is 1.93 bits per heavy atom. The van der Waals surface area contributed by atoms with Crippen molar-refractivity contribution in [1.82, 2.24) is 24.2 Å². The maximum absolute atomic E-state index is 12.4. The Balaban J connectivity index is 1.56. The van der Waals surface area contributed by atoms with E-state index in [0.717, 1.165) is 5.75 Å². The predicted molar refractivity (Wildman–Crippen MR) is 98.9 cm³/mol. The summed E-state index contributed by atoms with van der Waals surface area (Å²) >= 11 is 0. The number of hydrogen-bond donors (Lipinski definition) is 0. The third kappa shape index (κ3) is 4.08. The first kappa shape index (κ1) is 18.4. The van der Waals surface area contributed by atoms with Gasteiger partial charge in [0.05, 0.1) is 19.9 Å². The van der Waals surface area contributed by atoms with Crippen molar-refractivity contribution in [2.24, 2.45) is 7.05 Å². The normalized spacial score (nSPS) is 10.8. The van der Waals surface area contributed by atoms with Crippen molar-refractivity contribution >= 4 is 16.9 Å². The molecule has 0 aliphatic carbocycles. The number of hydrogen-bond acceptors (Lipinski definition) is 6. The van der Waals surface area contributed by atoms with Crippen molar-refractivity contribution in [1.29, 1.82) is 0 Å². The quantitative estimate of drug-likeness (QED) is 0.606. The summed E-state index contributed by atoms with van der Waals surface area (Å²) in [6.07, 6.45) is 2.82. The molecule has 0 aliphatic rings. The standard InChI is InChI=1S/C18H21N5O4/c1-21(8-9-27-14-6-4-13(26-3)5-7-14)16(24)11-23-12-19-17-15(18(23)25)10-20-22(17)2/h4-7,10,12H,8-9,11H2,1-3H3. The number of benzene rings is 1. The third-order valence-electron chi connectivity index (χ3n) is 4.20. The maximum atomic E-state index is 12.4. The molecule has 1 aromatic carbocycles. The molecule has 9 nitrogen and oxygen atoms in total. The fourth-order valence-corrected chi connectivity index (χ4v) is 2.54. The highest BCUT2D eigenvalue weighted by molar-refractivity contribution is 5.77. The van der Waals surface area contributed by atoms with E-state index in [-0.39, 0.29) is 18.0 Å². The summed E-state index contributed by atoms with van der Waals surface area (Å²) < 4.78 is 13.5. The highest BCUT2D eigenvalue weighted by atomic mass is 16.5.